The number of alkyl halides is 1. The van der Waals surface area contributed by atoms with Crippen LogP contribution in [0.4, 0.5) is 0 Å². The number of hydrogen-bond donors (Lipinski definition) is 1. The van der Waals surface area contributed by atoms with E-state index in [-0.39, 0.29) is 0 Å². The van der Waals surface area contributed by atoms with Crippen LogP contribution in [0, 0.1) is 5.92 Å². The van der Waals surface area contributed by atoms with E-state index in [4.69, 9.17) is 23.2 Å². The fourth-order valence-electron chi connectivity index (χ4n) is 1.99. The smallest absolute Gasteiger partial charge is 0.0462 e. The van der Waals surface area contributed by atoms with Crippen molar-refractivity contribution in [1.29, 1.82) is 0 Å². The van der Waals surface area contributed by atoms with Crippen LogP contribution in [0.1, 0.15) is 31.7 Å². The van der Waals surface area contributed by atoms with Gasteiger partial charge in [-0.3, -0.25) is 0 Å². The fourth-order valence-corrected chi connectivity index (χ4v) is 3.04. The van der Waals surface area contributed by atoms with Gasteiger partial charge in [-0.05, 0) is 43.0 Å². The van der Waals surface area contributed by atoms with Crippen LogP contribution in [-0.2, 0) is 6.54 Å². The third-order valence-electron chi connectivity index (χ3n) is 2.98. The molecule has 18 heavy (non-hydrogen) atoms. The van der Waals surface area contributed by atoms with E-state index in [2.05, 4.69) is 34.2 Å². The Bertz CT molecular complexity index is 352. The molecule has 0 saturated heterocycles. The standard InChI is InChI=1S/C14H20BrCl2N/c1-2-3-11(6-7-16)9-18-10-12-4-5-13(15)8-14(12)17/h4-5,8,11,18H,2-3,6-7,9-10H2,1H3. The number of benzene rings is 1. The van der Waals surface area contributed by atoms with Gasteiger partial charge in [0.1, 0.15) is 0 Å². The number of rotatable bonds is 8. The lowest BCUT2D eigenvalue weighted by atomic mass is 10.0. The summed E-state index contributed by atoms with van der Waals surface area (Å²) in [5.74, 6) is 1.41. The summed E-state index contributed by atoms with van der Waals surface area (Å²) in [6.45, 7) is 4.04. The molecule has 1 atom stereocenters. The number of halogens is 3. The predicted molar refractivity (Wildman–Crippen MR) is 84.6 cm³/mol. The zero-order valence-electron chi connectivity index (χ0n) is 10.7. The van der Waals surface area contributed by atoms with Crippen molar-refractivity contribution in [3.05, 3.63) is 33.3 Å². The van der Waals surface area contributed by atoms with E-state index in [0.29, 0.717) is 5.92 Å². The van der Waals surface area contributed by atoms with Crippen molar-refractivity contribution in [3.8, 4) is 0 Å². The summed E-state index contributed by atoms with van der Waals surface area (Å²) in [6.07, 6.45) is 3.52. The molecular formula is C14H20BrCl2N. The fraction of sp³-hybridized carbons (Fsp3) is 0.571. The highest BCUT2D eigenvalue weighted by Crippen LogP contribution is 2.21. The highest BCUT2D eigenvalue weighted by atomic mass is 79.9. The van der Waals surface area contributed by atoms with Crippen molar-refractivity contribution in [1.82, 2.24) is 5.32 Å². The minimum Gasteiger partial charge on any atom is -0.312 e. The average molecular weight is 353 g/mol. The maximum absolute atomic E-state index is 6.18. The van der Waals surface area contributed by atoms with Crippen LogP contribution in [-0.4, -0.2) is 12.4 Å². The molecule has 0 bridgehead atoms. The molecule has 102 valence electrons. The molecule has 1 nitrogen and oxygen atoms in total. The Morgan fingerprint density at radius 2 is 2.11 bits per heavy atom. The predicted octanol–water partition coefficient (Wildman–Crippen LogP) is 5.24. The molecule has 0 amide bonds. The molecule has 0 heterocycles. The Morgan fingerprint density at radius 3 is 2.72 bits per heavy atom. The van der Waals surface area contributed by atoms with Gasteiger partial charge < -0.3 is 5.32 Å². The minimum atomic E-state index is 0.668. The summed E-state index contributed by atoms with van der Waals surface area (Å²) in [7, 11) is 0. The van der Waals surface area contributed by atoms with E-state index in [1.165, 1.54) is 12.8 Å². The van der Waals surface area contributed by atoms with E-state index >= 15 is 0 Å². The average Bonchev–Trinajstić information content (AvgIpc) is 2.32. The maximum Gasteiger partial charge on any atom is 0.0462 e. The highest BCUT2D eigenvalue weighted by molar-refractivity contribution is 9.10. The van der Waals surface area contributed by atoms with E-state index in [9.17, 15) is 0 Å². The van der Waals surface area contributed by atoms with Crippen LogP contribution in [0.25, 0.3) is 0 Å². The Balaban J connectivity index is 2.39. The van der Waals surface area contributed by atoms with Crippen LogP contribution >= 0.6 is 39.1 Å². The maximum atomic E-state index is 6.18. The molecule has 0 aromatic heterocycles. The van der Waals surface area contributed by atoms with Crippen molar-refractivity contribution in [2.75, 3.05) is 12.4 Å². The van der Waals surface area contributed by atoms with Gasteiger partial charge in [-0.1, -0.05) is 46.9 Å². The second kappa shape index (κ2) is 9.19. The van der Waals surface area contributed by atoms with Gasteiger partial charge in [0.2, 0.25) is 0 Å². The first-order chi connectivity index (χ1) is 8.67. The molecule has 4 heteroatoms. The Kier molecular flexibility index (Phi) is 8.32. The molecule has 0 radical (unpaired) electrons. The second-order valence-corrected chi connectivity index (χ2v) is 6.20. The highest BCUT2D eigenvalue weighted by Gasteiger charge is 2.07. The molecule has 1 N–H and O–H groups in total. The van der Waals surface area contributed by atoms with E-state index in [1.54, 1.807) is 0 Å². The molecule has 1 unspecified atom stereocenters. The van der Waals surface area contributed by atoms with Gasteiger partial charge in [0.05, 0.1) is 0 Å². The third-order valence-corrected chi connectivity index (χ3v) is 4.04. The first-order valence-corrected chi connectivity index (χ1v) is 8.08. The molecule has 1 aromatic carbocycles. The third kappa shape index (κ3) is 5.92. The molecule has 1 rings (SSSR count). The van der Waals surface area contributed by atoms with Crippen molar-refractivity contribution < 1.29 is 0 Å². The lowest BCUT2D eigenvalue weighted by molar-refractivity contribution is 0.430. The van der Waals surface area contributed by atoms with Gasteiger partial charge >= 0.3 is 0 Å². The van der Waals surface area contributed by atoms with Crippen LogP contribution < -0.4 is 5.32 Å². The van der Waals surface area contributed by atoms with Gasteiger partial charge in [0, 0.05) is 21.9 Å². The van der Waals surface area contributed by atoms with Crippen molar-refractivity contribution in [2.24, 2.45) is 5.92 Å². The Morgan fingerprint density at radius 1 is 1.33 bits per heavy atom. The minimum absolute atomic E-state index is 0.668. The zero-order valence-corrected chi connectivity index (χ0v) is 13.8. The molecule has 1 aromatic rings. The van der Waals surface area contributed by atoms with E-state index in [1.807, 2.05) is 12.1 Å². The molecule has 0 aliphatic heterocycles. The van der Waals surface area contributed by atoms with Gasteiger partial charge in [-0.15, -0.1) is 11.6 Å². The summed E-state index contributed by atoms with van der Waals surface area (Å²) in [5.41, 5.74) is 1.14. The number of hydrogen-bond acceptors (Lipinski definition) is 1. The topological polar surface area (TPSA) is 12.0 Å². The number of nitrogens with one attached hydrogen (secondary N) is 1. The largest absolute Gasteiger partial charge is 0.312 e. The first kappa shape index (κ1) is 16.3. The van der Waals surface area contributed by atoms with Crippen LogP contribution in [0.5, 0.6) is 0 Å². The van der Waals surface area contributed by atoms with Crippen molar-refractivity contribution in [3.63, 3.8) is 0 Å². The molecule has 0 fully saturated rings. The summed E-state index contributed by atoms with van der Waals surface area (Å²) in [6, 6.07) is 6.00. The lowest BCUT2D eigenvalue weighted by Crippen LogP contribution is -2.23. The summed E-state index contributed by atoms with van der Waals surface area (Å²) >= 11 is 15.4. The first-order valence-electron chi connectivity index (χ1n) is 6.38. The van der Waals surface area contributed by atoms with Crippen LogP contribution in [0.15, 0.2) is 22.7 Å². The molecular weight excluding hydrogens is 333 g/mol. The summed E-state index contributed by atoms with van der Waals surface area (Å²) in [5, 5.41) is 4.28. The molecule has 0 saturated carbocycles. The second-order valence-electron chi connectivity index (χ2n) is 4.50. The quantitative estimate of drug-likeness (QED) is 0.631. The lowest BCUT2D eigenvalue weighted by Gasteiger charge is -2.16. The van der Waals surface area contributed by atoms with Gasteiger partial charge in [-0.2, -0.15) is 0 Å². The summed E-state index contributed by atoms with van der Waals surface area (Å²) in [4.78, 5) is 0. The van der Waals surface area contributed by atoms with Crippen molar-refractivity contribution in [2.45, 2.75) is 32.7 Å². The monoisotopic (exact) mass is 351 g/mol. The van der Waals surface area contributed by atoms with Crippen LogP contribution in [0.3, 0.4) is 0 Å². The zero-order chi connectivity index (χ0) is 13.4. The molecule has 0 spiro atoms. The van der Waals surface area contributed by atoms with Gasteiger partial charge in [-0.25, -0.2) is 0 Å². The van der Waals surface area contributed by atoms with E-state index in [0.717, 1.165) is 40.4 Å². The molecule has 0 aliphatic carbocycles. The van der Waals surface area contributed by atoms with Gasteiger partial charge in [0.25, 0.3) is 0 Å². The Hall–Kier alpha value is 0.240. The van der Waals surface area contributed by atoms with E-state index < -0.39 is 0 Å². The van der Waals surface area contributed by atoms with Crippen LogP contribution in [0.2, 0.25) is 5.02 Å². The normalized spacial score (nSPS) is 12.7. The van der Waals surface area contributed by atoms with Gasteiger partial charge in [0.15, 0.2) is 0 Å². The summed E-state index contributed by atoms with van der Waals surface area (Å²) < 4.78 is 1.02. The Labute approximate surface area is 128 Å². The SMILES string of the molecule is CCCC(CCCl)CNCc1ccc(Br)cc1Cl. The van der Waals surface area contributed by atoms with Crippen molar-refractivity contribution >= 4 is 39.1 Å². The molecule has 0 aliphatic rings.